The van der Waals surface area contributed by atoms with Gasteiger partial charge in [-0.1, -0.05) is 36.9 Å². The number of aliphatic imine (C=N–C) groups is 1. The fourth-order valence-corrected chi connectivity index (χ4v) is 2.43. The van der Waals surface area contributed by atoms with E-state index in [2.05, 4.69) is 46.1 Å². The molecule has 0 bridgehead atoms. The number of para-hydroxylation sites is 2. The maximum atomic E-state index is 4.52. The monoisotopic (exact) mass is 263 g/mol. The molecule has 1 N–H and O–H groups in total. The molecule has 20 heavy (non-hydrogen) atoms. The third-order valence-electron chi connectivity index (χ3n) is 3.26. The van der Waals surface area contributed by atoms with Gasteiger partial charge in [-0.2, -0.15) is 0 Å². The standard InChI is InChI=1S/C17H17N3/c1-3-18-17-15-11-7-8-12-16(15)20(13(2)19-17)14-9-5-4-6-10-14/h4-12H,2-3H2,1H3,(H,18,19). The van der Waals surface area contributed by atoms with Gasteiger partial charge in [0, 0.05) is 17.8 Å². The van der Waals surface area contributed by atoms with Crippen molar-refractivity contribution in [3.8, 4) is 0 Å². The molecule has 0 spiro atoms. The Hall–Kier alpha value is -2.55. The lowest BCUT2D eigenvalue weighted by Crippen LogP contribution is -2.38. The first kappa shape index (κ1) is 12.5. The molecule has 0 fully saturated rings. The Bertz CT molecular complexity index is 659. The summed E-state index contributed by atoms with van der Waals surface area (Å²) in [5, 5.41) is 3.30. The van der Waals surface area contributed by atoms with Gasteiger partial charge < -0.3 is 5.32 Å². The highest BCUT2D eigenvalue weighted by Crippen LogP contribution is 2.34. The van der Waals surface area contributed by atoms with Crippen LogP contribution in [0.4, 0.5) is 11.4 Å². The van der Waals surface area contributed by atoms with Crippen LogP contribution in [0.2, 0.25) is 0 Å². The van der Waals surface area contributed by atoms with Crippen molar-refractivity contribution in [1.29, 1.82) is 0 Å². The predicted octanol–water partition coefficient (Wildman–Crippen LogP) is 3.67. The molecule has 100 valence electrons. The summed E-state index contributed by atoms with van der Waals surface area (Å²) in [5.41, 5.74) is 3.30. The normalized spacial score (nSPS) is 15.9. The Balaban J connectivity index is 2.15. The smallest absolute Gasteiger partial charge is 0.135 e. The van der Waals surface area contributed by atoms with Crippen molar-refractivity contribution in [3.63, 3.8) is 0 Å². The molecule has 2 aromatic carbocycles. The number of fused-ring (bicyclic) bond motifs is 1. The molecule has 1 aliphatic rings. The van der Waals surface area contributed by atoms with E-state index in [0.717, 1.165) is 35.1 Å². The number of anilines is 2. The van der Waals surface area contributed by atoms with Crippen LogP contribution in [0, 0.1) is 0 Å². The van der Waals surface area contributed by atoms with E-state index < -0.39 is 0 Å². The first-order chi connectivity index (χ1) is 9.81. The maximum Gasteiger partial charge on any atom is 0.135 e. The van der Waals surface area contributed by atoms with Crippen LogP contribution < -0.4 is 10.2 Å². The summed E-state index contributed by atoms with van der Waals surface area (Å²) in [6.07, 6.45) is 0. The van der Waals surface area contributed by atoms with Gasteiger partial charge >= 0.3 is 0 Å². The van der Waals surface area contributed by atoms with Gasteiger partial charge in [-0.3, -0.25) is 9.89 Å². The van der Waals surface area contributed by atoms with Crippen LogP contribution in [0.1, 0.15) is 12.5 Å². The van der Waals surface area contributed by atoms with Gasteiger partial charge in [0.2, 0.25) is 0 Å². The molecule has 0 saturated carbocycles. The minimum Gasteiger partial charge on any atom is -0.326 e. The van der Waals surface area contributed by atoms with Crippen molar-refractivity contribution in [2.75, 3.05) is 11.4 Å². The van der Waals surface area contributed by atoms with E-state index in [1.54, 1.807) is 0 Å². The first-order valence-corrected chi connectivity index (χ1v) is 6.76. The van der Waals surface area contributed by atoms with Gasteiger partial charge in [-0.15, -0.1) is 0 Å². The lowest BCUT2D eigenvalue weighted by molar-refractivity contribution is 0.974. The van der Waals surface area contributed by atoms with Gasteiger partial charge in [0.1, 0.15) is 11.7 Å². The van der Waals surface area contributed by atoms with Crippen LogP contribution in [0.25, 0.3) is 0 Å². The molecule has 3 heteroatoms. The highest BCUT2D eigenvalue weighted by atomic mass is 15.3. The summed E-state index contributed by atoms with van der Waals surface area (Å²) in [5.74, 6) is 1.71. The molecule has 2 aromatic rings. The highest BCUT2D eigenvalue weighted by molar-refractivity contribution is 6.08. The fourth-order valence-electron chi connectivity index (χ4n) is 2.43. The largest absolute Gasteiger partial charge is 0.326 e. The molecule has 0 saturated heterocycles. The number of benzene rings is 2. The topological polar surface area (TPSA) is 27.6 Å². The summed E-state index contributed by atoms with van der Waals surface area (Å²) in [6.45, 7) is 6.91. The second kappa shape index (κ2) is 5.21. The van der Waals surface area contributed by atoms with Crippen LogP contribution in [0.3, 0.4) is 0 Å². The molecule has 0 unspecified atom stereocenters. The molecule has 3 rings (SSSR count). The number of hydrogen-bond acceptors (Lipinski definition) is 2. The average Bonchev–Trinajstić information content (AvgIpc) is 2.48. The lowest BCUT2D eigenvalue weighted by Gasteiger charge is -2.34. The Morgan fingerprint density at radius 1 is 1.05 bits per heavy atom. The first-order valence-electron chi connectivity index (χ1n) is 6.76. The van der Waals surface area contributed by atoms with Crippen LogP contribution in [0.5, 0.6) is 0 Å². The van der Waals surface area contributed by atoms with Crippen LogP contribution in [-0.2, 0) is 0 Å². The number of nitrogens with zero attached hydrogens (tertiary/aromatic N) is 2. The number of amidine groups is 1. The third kappa shape index (κ3) is 2.07. The van der Waals surface area contributed by atoms with E-state index in [-0.39, 0.29) is 0 Å². The molecule has 0 atom stereocenters. The van der Waals surface area contributed by atoms with E-state index in [4.69, 9.17) is 0 Å². The van der Waals surface area contributed by atoms with E-state index in [9.17, 15) is 0 Å². The Kier molecular flexibility index (Phi) is 3.25. The zero-order valence-corrected chi connectivity index (χ0v) is 11.5. The predicted molar refractivity (Wildman–Crippen MR) is 84.4 cm³/mol. The van der Waals surface area contributed by atoms with Crippen LogP contribution in [0.15, 0.2) is 72.0 Å². The Morgan fingerprint density at radius 2 is 1.75 bits per heavy atom. The van der Waals surface area contributed by atoms with Crippen molar-refractivity contribution in [2.45, 2.75) is 6.92 Å². The van der Waals surface area contributed by atoms with E-state index in [1.807, 2.05) is 37.3 Å². The molecule has 1 heterocycles. The summed E-state index contributed by atoms with van der Waals surface area (Å²) < 4.78 is 0. The molecular formula is C17H17N3. The second-order valence-electron chi connectivity index (χ2n) is 4.58. The molecule has 0 aliphatic carbocycles. The maximum absolute atomic E-state index is 4.52. The van der Waals surface area contributed by atoms with Crippen molar-refractivity contribution in [3.05, 3.63) is 72.6 Å². The van der Waals surface area contributed by atoms with E-state index >= 15 is 0 Å². The summed E-state index contributed by atoms with van der Waals surface area (Å²) in [6, 6.07) is 18.5. The summed E-state index contributed by atoms with van der Waals surface area (Å²) in [7, 11) is 0. The zero-order chi connectivity index (χ0) is 13.9. The highest BCUT2D eigenvalue weighted by Gasteiger charge is 2.24. The Morgan fingerprint density at radius 3 is 2.50 bits per heavy atom. The van der Waals surface area contributed by atoms with Gasteiger partial charge in [-0.25, -0.2) is 0 Å². The zero-order valence-electron chi connectivity index (χ0n) is 11.5. The molecule has 0 aromatic heterocycles. The van der Waals surface area contributed by atoms with Crippen molar-refractivity contribution >= 4 is 17.2 Å². The fraction of sp³-hybridized carbons (Fsp3) is 0.118. The second-order valence-corrected chi connectivity index (χ2v) is 4.58. The van der Waals surface area contributed by atoms with E-state index in [0.29, 0.717) is 0 Å². The minimum absolute atomic E-state index is 0.745. The van der Waals surface area contributed by atoms with Crippen molar-refractivity contribution in [2.24, 2.45) is 4.99 Å². The molecule has 0 amide bonds. The quantitative estimate of drug-likeness (QED) is 0.895. The number of rotatable bonds is 2. The molecule has 1 aliphatic heterocycles. The summed E-state index contributed by atoms with van der Waals surface area (Å²) >= 11 is 0. The average molecular weight is 263 g/mol. The van der Waals surface area contributed by atoms with Crippen LogP contribution in [-0.4, -0.2) is 12.4 Å². The van der Waals surface area contributed by atoms with E-state index in [1.165, 1.54) is 0 Å². The van der Waals surface area contributed by atoms with Crippen LogP contribution >= 0.6 is 0 Å². The van der Waals surface area contributed by atoms with Gasteiger partial charge in [0.05, 0.1) is 5.69 Å². The summed E-state index contributed by atoms with van der Waals surface area (Å²) in [4.78, 5) is 6.64. The number of hydrogen-bond donors (Lipinski definition) is 1. The number of nitrogens with one attached hydrogen (secondary N) is 1. The van der Waals surface area contributed by atoms with Crippen molar-refractivity contribution < 1.29 is 0 Å². The Labute approximate surface area is 119 Å². The molecule has 3 nitrogen and oxygen atoms in total. The van der Waals surface area contributed by atoms with Gasteiger partial charge in [0.25, 0.3) is 0 Å². The molecular weight excluding hydrogens is 246 g/mol. The third-order valence-corrected chi connectivity index (χ3v) is 3.26. The van der Waals surface area contributed by atoms with Gasteiger partial charge in [-0.05, 0) is 31.2 Å². The SMILES string of the molecule is C=C1NC(=NCC)c2ccccc2N1c1ccccc1. The molecule has 0 radical (unpaired) electrons. The van der Waals surface area contributed by atoms with Crippen molar-refractivity contribution in [1.82, 2.24) is 5.32 Å². The van der Waals surface area contributed by atoms with Gasteiger partial charge in [0.15, 0.2) is 0 Å². The lowest BCUT2D eigenvalue weighted by atomic mass is 10.1. The minimum atomic E-state index is 0.745.